The van der Waals surface area contributed by atoms with Crippen molar-refractivity contribution in [2.75, 3.05) is 42.5 Å². The SMILES string of the molecule is O=C1O[C@@H](Cn2ccnn2)CN1c1ccc(N2CCN(S(=O)(=O)c3cccc([N+](=O)[O-])c3)CC2)c(F)c1. The molecule has 1 amide bonds. The van der Waals surface area contributed by atoms with Gasteiger partial charge >= 0.3 is 6.09 Å². The van der Waals surface area contributed by atoms with Gasteiger partial charge < -0.3 is 9.64 Å². The van der Waals surface area contributed by atoms with Gasteiger partial charge in [0.1, 0.15) is 11.9 Å². The van der Waals surface area contributed by atoms with Gasteiger partial charge in [-0.3, -0.25) is 15.0 Å². The molecule has 15 heteroatoms. The number of non-ortho nitro benzene ring substituents is 1. The van der Waals surface area contributed by atoms with Gasteiger partial charge in [-0.2, -0.15) is 4.31 Å². The van der Waals surface area contributed by atoms with Crippen LogP contribution in [-0.4, -0.2) is 77.6 Å². The lowest BCUT2D eigenvalue weighted by Gasteiger charge is -2.35. The summed E-state index contributed by atoms with van der Waals surface area (Å²) < 4.78 is 49.2. The molecule has 0 saturated carbocycles. The Hall–Kier alpha value is -4.11. The fourth-order valence-electron chi connectivity index (χ4n) is 4.36. The minimum atomic E-state index is -3.94. The molecule has 1 aromatic heterocycles. The number of piperazine rings is 1. The van der Waals surface area contributed by atoms with E-state index in [1.165, 1.54) is 39.7 Å². The summed E-state index contributed by atoms with van der Waals surface area (Å²) in [7, 11) is -3.94. The molecule has 194 valence electrons. The number of hydrogen-bond acceptors (Lipinski definition) is 9. The number of nitro groups is 1. The zero-order valence-corrected chi connectivity index (χ0v) is 20.2. The molecule has 2 aliphatic heterocycles. The monoisotopic (exact) mass is 531 g/mol. The van der Waals surface area contributed by atoms with Crippen molar-refractivity contribution >= 4 is 33.2 Å². The number of halogens is 1. The summed E-state index contributed by atoms with van der Waals surface area (Å²) in [5.41, 5.74) is 0.315. The molecule has 1 atom stereocenters. The van der Waals surface area contributed by atoms with Gasteiger partial charge in [0.2, 0.25) is 10.0 Å². The van der Waals surface area contributed by atoms with Gasteiger partial charge in [0, 0.05) is 44.5 Å². The van der Waals surface area contributed by atoms with E-state index in [-0.39, 0.29) is 49.0 Å². The number of carbonyl (C=O) groups excluding carboxylic acids is 1. The Morgan fingerprint density at radius 1 is 1.14 bits per heavy atom. The second kappa shape index (κ2) is 9.74. The molecule has 37 heavy (non-hydrogen) atoms. The molecule has 0 radical (unpaired) electrons. The molecule has 0 spiro atoms. The second-order valence-electron chi connectivity index (χ2n) is 8.52. The first kappa shape index (κ1) is 24.6. The fourth-order valence-corrected chi connectivity index (χ4v) is 5.82. The number of benzene rings is 2. The average Bonchev–Trinajstić information content (AvgIpc) is 3.53. The molecule has 3 aromatic rings. The predicted octanol–water partition coefficient (Wildman–Crippen LogP) is 1.86. The van der Waals surface area contributed by atoms with Crippen LogP contribution in [0.2, 0.25) is 0 Å². The van der Waals surface area contributed by atoms with E-state index < -0.39 is 33.0 Å². The van der Waals surface area contributed by atoms with Gasteiger partial charge in [-0.1, -0.05) is 11.3 Å². The Bertz CT molecular complexity index is 1430. The van der Waals surface area contributed by atoms with Gasteiger partial charge in [0.15, 0.2) is 0 Å². The van der Waals surface area contributed by atoms with Gasteiger partial charge in [-0.15, -0.1) is 5.10 Å². The number of rotatable bonds is 7. The standard InChI is InChI=1S/C22H22FN7O6S/c23-20-13-16(29-15-18(36-22(29)31)14-27-7-6-24-25-27)4-5-21(20)26-8-10-28(11-9-26)37(34,35)19-3-1-2-17(12-19)30(32)33/h1-7,12-13,18H,8-11,14-15H2/t18-/m0/s1. The average molecular weight is 532 g/mol. The van der Waals surface area contributed by atoms with Crippen LogP contribution in [0.4, 0.5) is 26.2 Å². The van der Waals surface area contributed by atoms with Crippen molar-refractivity contribution in [3.63, 3.8) is 0 Å². The van der Waals surface area contributed by atoms with Gasteiger partial charge in [-0.25, -0.2) is 22.3 Å². The van der Waals surface area contributed by atoms with E-state index >= 15 is 4.39 Å². The van der Waals surface area contributed by atoms with Crippen LogP contribution in [0.5, 0.6) is 0 Å². The molecular formula is C22H22FN7O6S. The first-order valence-corrected chi connectivity index (χ1v) is 12.8. The number of ether oxygens (including phenoxy) is 1. The molecule has 0 bridgehead atoms. The molecule has 0 aliphatic carbocycles. The number of nitro benzene ring substituents is 1. The highest BCUT2D eigenvalue weighted by Crippen LogP contribution is 2.30. The van der Waals surface area contributed by atoms with Crippen molar-refractivity contribution < 1.29 is 27.3 Å². The van der Waals surface area contributed by atoms with E-state index in [0.717, 1.165) is 6.07 Å². The Kier molecular flexibility index (Phi) is 6.47. The number of sulfonamides is 1. The van der Waals surface area contributed by atoms with E-state index in [2.05, 4.69) is 10.3 Å². The van der Waals surface area contributed by atoms with Crippen LogP contribution in [0.25, 0.3) is 0 Å². The first-order chi connectivity index (χ1) is 17.7. The molecule has 2 aromatic carbocycles. The van der Waals surface area contributed by atoms with Crippen molar-refractivity contribution in [3.05, 3.63) is 70.8 Å². The van der Waals surface area contributed by atoms with Gasteiger partial charge in [0.05, 0.1) is 40.5 Å². The lowest BCUT2D eigenvalue weighted by Crippen LogP contribution is -2.48. The topological polar surface area (TPSA) is 144 Å². The highest BCUT2D eigenvalue weighted by atomic mass is 32.2. The molecule has 0 unspecified atom stereocenters. The molecule has 2 fully saturated rings. The van der Waals surface area contributed by atoms with E-state index in [0.29, 0.717) is 12.2 Å². The van der Waals surface area contributed by atoms with Crippen LogP contribution in [0, 0.1) is 15.9 Å². The maximum absolute atomic E-state index is 15.1. The van der Waals surface area contributed by atoms with E-state index in [4.69, 9.17) is 4.74 Å². The van der Waals surface area contributed by atoms with Gasteiger partial charge in [-0.05, 0) is 24.3 Å². The van der Waals surface area contributed by atoms with Crippen molar-refractivity contribution in [2.45, 2.75) is 17.5 Å². The lowest BCUT2D eigenvalue weighted by atomic mass is 10.2. The molecule has 13 nitrogen and oxygen atoms in total. The normalized spacial score (nSPS) is 18.7. The quantitative estimate of drug-likeness (QED) is 0.329. The summed E-state index contributed by atoms with van der Waals surface area (Å²) in [6.45, 7) is 1.15. The number of carbonyl (C=O) groups is 1. The number of aromatic nitrogens is 3. The third kappa shape index (κ3) is 4.95. The maximum Gasteiger partial charge on any atom is 0.414 e. The Labute approximate surface area is 210 Å². The summed E-state index contributed by atoms with van der Waals surface area (Å²) >= 11 is 0. The van der Waals surface area contributed by atoms with Crippen molar-refractivity contribution in [3.8, 4) is 0 Å². The highest BCUT2D eigenvalue weighted by Gasteiger charge is 2.34. The Balaban J connectivity index is 1.24. The zero-order chi connectivity index (χ0) is 26.2. The third-order valence-corrected chi connectivity index (χ3v) is 8.12. The highest BCUT2D eigenvalue weighted by molar-refractivity contribution is 7.89. The Morgan fingerprint density at radius 3 is 2.59 bits per heavy atom. The van der Waals surface area contributed by atoms with Crippen LogP contribution in [0.3, 0.4) is 0 Å². The molecular weight excluding hydrogens is 509 g/mol. The minimum absolute atomic E-state index is 0.0780. The first-order valence-electron chi connectivity index (χ1n) is 11.3. The lowest BCUT2D eigenvalue weighted by molar-refractivity contribution is -0.385. The number of nitrogens with zero attached hydrogens (tertiary/aromatic N) is 7. The summed E-state index contributed by atoms with van der Waals surface area (Å²) in [6.07, 6.45) is 2.13. The molecule has 2 aliphatic rings. The number of anilines is 2. The summed E-state index contributed by atoms with van der Waals surface area (Å²) in [5, 5.41) is 18.6. The smallest absolute Gasteiger partial charge is 0.414 e. The van der Waals surface area contributed by atoms with E-state index in [1.807, 2.05) is 0 Å². The number of amides is 1. The predicted molar refractivity (Wildman–Crippen MR) is 128 cm³/mol. The van der Waals surface area contributed by atoms with Crippen LogP contribution in [0.15, 0.2) is 59.8 Å². The van der Waals surface area contributed by atoms with Gasteiger partial charge in [0.25, 0.3) is 5.69 Å². The van der Waals surface area contributed by atoms with E-state index in [1.54, 1.807) is 27.9 Å². The Morgan fingerprint density at radius 2 is 1.92 bits per heavy atom. The summed E-state index contributed by atoms with van der Waals surface area (Å²) in [4.78, 5) is 25.6. The van der Waals surface area contributed by atoms with Crippen molar-refractivity contribution in [2.24, 2.45) is 0 Å². The fraction of sp³-hybridized carbons (Fsp3) is 0.318. The zero-order valence-electron chi connectivity index (χ0n) is 19.4. The molecule has 2 saturated heterocycles. The molecule has 3 heterocycles. The number of cyclic esters (lactones) is 1. The molecule has 0 N–H and O–H groups in total. The van der Waals surface area contributed by atoms with Crippen LogP contribution < -0.4 is 9.80 Å². The van der Waals surface area contributed by atoms with Crippen molar-refractivity contribution in [1.82, 2.24) is 19.3 Å². The van der Waals surface area contributed by atoms with Crippen molar-refractivity contribution in [1.29, 1.82) is 0 Å². The van der Waals surface area contributed by atoms with Crippen LogP contribution in [-0.2, 0) is 21.3 Å². The minimum Gasteiger partial charge on any atom is -0.442 e. The largest absolute Gasteiger partial charge is 0.442 e. The summed E-state index contributed by atoms with van der Waals surface area (Å²) in [6, 6.07) is 9.30. The summed E-state index contributed by atoms with van der Waals surface area (Å²) in [5.74, 6) is -0.556. The van der Waals surface area contributed by atoms with Crippen LogP contribution >= 0.6 is 0 Å². The van der Waals surface area contributed by atoms with Crippen LogP contribution in [0.1, 0.15) is 0 Å². The second-order valence-corrected chi connectivity index (χ2v) is 10.5. The number of hydrogen-bond donors (Lipinski definition) is 0. The van der Waals surface area contributed by atoms with E-state index in [9.17, 15) is 23.3 Å². The maximum atomic E-state index is 15.1. The third-order valence-electron chi connectivity index (χ3n) is 6.23. The molecule has 5 rings (SSSR count).